The Hall–Kier alpha value is -0.0900. The van der Waals surface area contributed by atoms with Crippen molar-refractivity contribution in [3.05, 3.63) is 0 Å². The number of unbranched alkanes of at least 4 members (excludes halogenated alkanes) is 15. The molecule has 4 heteroatoms. The highest BCUT2D eigenvalue weighted by Gasteiger charge is 1.98. The van der Waals surface area contributed by atoms with Crippen molar-refractivity contribution < 1.29 is 8.42 Å². The lowest BCUT2D eigenvalue weighted by Gasteiger charge is -2.04. The van der Waals surface area contributed by atoms with Gasteiger partial charge in [0, 0.05) is 6.54 Å². The fourth-order valence-electron chi connectivity index (χ4n) is 2.93. The van der Waals surface area contributed by atoms with E-state index in [0.717, 1.165) is 12.8 Å². The molecule has 0 aromatic rings. The second-order valence-electron chi connectivity index (χ2n) is 6.97. The van der Waals surface area contributed by atoms with Gasteiger partial charge in [-0.25, -0.2) is 13.1 Å². The van der Waals surface area contributed by atoms with Gasteiger partial charge in [0.15, 0.2) is 0 Å². The minimum Gasteiger partial charge on any atom is -0.215 e. The smallest absolute Gasteiger partial charge is 0.208 e. The average Bonchev–Trinajstić information content (AvgIpc) is 2.49. The third-order valence-corrected chi connectivity index (χ3v) is 5.12. The van der Waals surface area contributed by atoms with Gasteiger partial charge in [-0.3, -0.25) is 0 Å². The van der Waals surface area contributed by atoms with Crippen LogP contribution in [0.5, 0.6) is 0 Å². The summed E-state index contributed by atoms with van der Waals surface area (Å²) >= 11 is 0. The average molecular weight is 348 g/mol. The van der Waals surface area contributed by atoms with Crippen molar-refractivity contribution in [1.29, 1.82) is 0 Å². The lowest BCUT2D eigenvalue weighted by atomic mass is 10.0. The van der Waals surface area contributed by atoms with Crippen molar-refractivity contribution in [2.24, 2.45) is 0 Å². The zero-order valence-corrected chi connectivity index (χ0v) is 16.6. The number of sulfonamides is 1. The SMILES string of the molecule is CCCCCCCCCCCCCCCCCCNS(C)(=O)=O. The van der Waals surface area contributed by atoms with Crippen LogP contribution < -0.4 is 4.72 Å². The number of nitrogens with one attached hydrogen (secondary N) is 1. The predicted octanol–water partition coefficient (Wildman–Crippen LogP) is 5.80. The third kappa shape index (κ3) is 21.9. The first kappa shape index (κ1) is 22.9. The Labute approximate surface area is 146 Å². The van der Waals surface area contributed by atoms with Crippen LogP contribution in [0.25, 0.3) is 0 Å². The molecule has 0 heterocycles. The lowest BCUT2D eigenvalue weighted by molar-refractivity contribution is 0.528. The van der Waals surface area contributed by atoms with Crippen LogP contribution in [-0.4, -0.2) is 21.2 Å². The topological polar surface area (TPSA) is 46.2 Å². The summed E-state index contributed by atoms with van der Waals surface area (Å²) in [4.78, 5) is 0. The molecule has 0 atom stereocenters. The van der Waals surface area contributed by atoms with Gasteiger partial charge >= 0.3 is 0 Å². The number of rotatable bonds is 18. The van der Waals surface area contributed by atoms with E-state index in [9.17, 15) is 8.42 Å². The number of hydrogen-bond acceptors (Lipinski definition) is 2. The first-order chi connectivity index (χ1) is 11.1. The molecule has 0 unspecified atom stereocenters. The first-order valence-corrected chi connectivity index (χ1v) is 11.9. The molecule has 140 valence electrons. The van der Waals surface area contributed by atoms with Crippen LogP contribution in [0.15, 0.2) is 0 Å². The molecule has 0 aliphatic heterocycles. The van der Waals surface area contributed by atoms with Crippen molar-refractivity contribution in [2.75, 3.05) is 12.8 Å². The minimum atomic E-state index is -2.99. The summed E-state index contributed by atoms with van der Waals surface area (Å²) in [6.45, 7) is 2.87. The molecule has 0 aromatic carbocycles. The van der Waals surface area contributed by atoms with Gasteiger partial charge < -0.3 is 0 Å². The Bertz CT molecular complexity index is 328. The van der Waals surface area contributed by atoms with Crippen LogP contribution in [0.3, 0.4) is 0 Å². The molecule has 0 bridgehead atoms. The van der Waals surface area contributed by atoms with Crippen LogP contribution >= 0.6 is 0 Å². The van der Waals surface area contributed by atoms with Gasteiger partial charge in [-0.1, -0.05) is 103 Å². The summed E-state index contributed by atoms with van der Waals surface area (Å²) in [7, 11) is -2.99. The van der Waals surface area contributed by atoms with Crippen LogP contribution in [-0.2, 0) is 10.0 Å². The molecule has 0 spiro atoms. The molecule has 0 aliphatic carbocycles. The highest BCUT2D eigenvalue weighted by molar-refractivity contribution is 7.88. The van der Waals surface area contributed by atoms with E-state index in [-0.39, 0.29) is 0 Å². The normalized spacial score (nSPS) is 11.9. The van der Waals surface area contributed by atoms with Crippen molar-refractivity contribution >= 4 is 10.0 Å². The summed E-state index contributed by atoms with van der Waals surface area (Å²) in [5.74, 6) is 0. The molecule has 0 radical (unpaired) electrons. The third-order valence-electron chi connectivity index (χ3n) is 4.39. The summed E-state index contributed by atoms with van der Waals surface area (Å²) in [5.41, 5.74) is 0. The van der Waals surface area contributed by atoms with Gasteiger partial charge in [-0.2, -0.15) is 0 Å². The predicted molar refractivity (Wildman–Crippen MR) is 102 cm³/mol. The molecule has 0 fully saturated rings. The maximum atomic E-state index is 10.9. The molecule has 0 aliphatic rings. The highest BCUT2D eigenvalue weighted by atomic mass is 32.2. The lowest BCUT2D eigenvalue weighted by Crippen LogP contribution is -2.22. The Morgan fingerprint density at radius 3 is 1.17 bits per heavy atom. The minimum absolute atomic E-state index is 0.595. The molecule has 3 nitrogen and oxygen atoms in total. The van der Waals surface area contributed by atoms with Crippen molar-refractivity contribution in [3.63, 3.8) is 0 Å². The van der Waals surface area contributed by atoms with Crippen LogP contribution in [0, 0.1) is 0 Å². The van der Waals surface area contributed by atoms with E-state index in [2.05, 4.69) is 11.6 Å². The summed E-state index contributed by atoms with van der Waals surface area (Å²) in [6.07, 6.45) is 22.7. The molecule has 0 amide bonds. The van der Waals surface area contributed by atoms with E-state index in [1.54, 1.807) is 0 Å². The Balaban J connectivity index is 3.03. The van der Waals surface area contributed by atoms with Crippen molar-refractivity contribution in [3.8, 4) is 0 Å². The summed E-state index contributed by atoms with van der Waals surface area (Å²) in [6, 6.07) is 0. The van der Waals surface area contributed by atoms with Crippen LogP contribution in [0.4, 0.5) is 0 Å². The van der Waals surface area contributed by atoms with E-state index in [4.69, 9.17) is 0 Å². The summed E-state index contributed by atoms with van der Waals surface area (Å²) < 4.78 is 24.3. The monoisotopic (exact) mass is 347 g/mol. The van der Waals surface area contributed by atoms with E-state index >= 15 is 0 Å². The standard InChI is InChI=1S/C19H41NO2S/c1-3-4-5-6-7-8-9-10-11-12-13-14-15-16-17-18-19-20-23(2,21)22/h20H,3-19H2,1-2H3. The van der Waals surface area contributed by atoms with Gasteiger partial charge in [-0.05, 0) is 6.42 Å². The van der Waals surface area contributed by atoms with E-state index < -0.39 is 10.0 Å². The van der Waals surface area contributed by atoms with Crippen LogP contribution in [0.2, 0.25) is 0 Å². The van der Waals surface area contributed by atoms with Gasteiger partial charge in [0.2, 0.25) is 10.0 Å². The van der Waals surface area contributed by atoms with Gasteiger partial charge in [0.05, 0.1) is 6.26 Å². The maximum absolute atomic E-state index is 10.9. The molecule has 23 heavy (non-hydrogen) atoms. The number of hydrogen-bond donors (Lipinski definition) is 1. The zero-order chi connectivity index (χ0) is 17.2. The van der Waals surface area contributed by atoms with Crippen molar-refractivity contribution in [2.45, 2.75) is 110 Å². The first-order valence-electron chi connectivity index (χ1n) is 10.0. The Kier molecular flexibility index (Phi) is 16.7. The molecule has 0 saturated heterocycles. The van der Waals surface area contributed by atoms with E-state index in [1.165, 1.54) is 96.1 Å². The van der Waals surface area contributed by atoms with E-state index in [0.29, 0.717) is 6.54 Å². The molecule has 0 aromatic heterocycles. The fraction of sp³-hybridized carbons (Fsp3) is 1.00. The molecular formula is C19H41NO2S. The van der Waals surface area contributed by atoms with Gasteiger partial charge in [0.25, 0.3) is 0 Å². The zero-order valence-electron chi connectivity index (χ0n) is 15.7. The maximum Gasteiger partial charge on any atom is 0.208 e. The fourth-order valence-corrected chi connectivity index (χ4v) is 3.45. The molecule has 0 rings (SSSR count). The largest absolute Gasteiger partial charge is 0.215 e. The highest BCUT2D eigenvalue weighted by Crippen LogP contribution is 2.13. The van der Waals surface area contributed by atoms with E-state index in [1.807, 2.05) is 0 Å². The quantitative estimate of drug-likeness (QED) is 0.319. The second-order valence-corrected chi connectivity index (χ2v) is 8.80. The molecule has 0 saturated carbocycles. The Morgan fingerprint density at radius 2 is 0.870 bits per heavy atom. The van der Waals surface area contributed by atoms with Gasteiger partial charge in [-0.15, -0.1) is 0 Å². The molecule has 1 N–H and O–H groups in total. The van der Waals surface area contributed by atoms with Crippen LogP contribution in [0.1, 0.15) is 110 Å². The van der Waals surface area contributed by atoms with Gasteiger partial charge in [0.1, 0.15) is 0 Å². The Morgan fingerprint density at radius 1 is 0.565 bits per heavy atom. The van der Waals surface area contributed by atoms with Crippen molar-refractivity contribution in [1.82, 2.24) is 4.72 Å². The summed E-state index contributed by atoms with van der Waals surface area (Å²) in [5, 5.41) is 0. The second kappa shape index (κ2) is 16.8. The molecular weight excluding hydrogens is 306 g/mol.